The van der Waals surface area contributed by atoms with Crippen LogP contribution in [-0.4, -0.2) is 52.5 Å². The van der Waals surface area contributed by atoms with Gasteiger partial charge in [0, 0.05) is 5.56 Å². The third-order valence-corrected chi connectivity index (χ3v) is 8.36. The van der Waals surface area contributed by atoms with Crippen molar-refractivity contribution in [2.45, 2.75) is 46.1 Å². The third kappa shape index (κ3) is 5.42. The van der Waals surface area contributed by atoms with Crippen molar-refractivity contribution >= 4 is 29.1 Å². The zero-order chi connectivity index (χ0) is 31.0. The second-order valence-electron chi connectivity index (χ2n) is 11.3. The molecule has 1 aliphatic carbocycles. The van der Waals surface area contributed by atoms with Crippen molar-refractivity contribution in [1.29, 1.82) is 0 Å². The molecule has 0 amide bonds. The number of carbonyl (C=O) groups is 3. The van der Waals surface area contributed by atoms with E-state index in [1.165, 1.54) is 40.6 Å². The van der Waals surface area contributed by atoms with Gasteiger partial charge in [0.2, 0.25) is 0 Å². The molecule has 0 spiro atoms. The Morgan fingerprint density at radius 1 is 0.791 bits per heavy atom. The maximum Gasteiger partial charge on any atom is 0.348 e. The molecule has 2 aliphatic heterocycles. The van der Waals surface area contributed by atoms with Crippen LogP contribution in [0, 0.1) is 17.8 Å². The van der Waals surface area contributed by atoms with Crippen LogP contribution in [0.15, 0.2) is 41.9 Å². The molecule has 2 aromatic carbocycles. The van der Waals surface area contributed by atoms with Crippen molar-refractivity contribution in [3.05, 3.63) is 58.5 Å². The van der Waals surface area contributed by atoms with Crippen LogP contribution >= 0.6 is 0 Å². The highest BCUT2D eigenvalue weighted by atomic mass is 16.6. The normalized spacial score (nSPS) is 21.4. The fraction of sp³-hybridized carbons (Fsp3) is 0.424. The Hall–Kier alpha value is -4.47. The van der Waals surface area contributed by atoms with E-state index in [0.29, 0.717) is 28.9 Å². The van der Waals surface area contributed by atoms with E-state index < -0.39 is 17.9 Å². The number of hydrogen-bond acceptors (Lipinski definition) is 10. The number of hydrogen-bond donors (Lipinski definition) is 0. The van der Waals surface area contributed by atoms with Gasteiger partial charge in [0.15, 0.2) is 34.5 Å². The van der Waals surface area contributed by atoms with Crippen molar-refractivity contribution in [3.63, 3.8) is 0 Å². The molecule has 0 aromatic heterocycles. The van der Waals surface area contributed by atoms with Crippen LogP contribution < -0.4 is 18.9 Å². The highest BCUT2D eigenvalue weighted by molar-refractivity contribution is 6.30. The second kappa shape index (κ2) is 12.0. The predicted molar refractivity (Wildman–Crippen MR) is 156 cm³/mol. The molecule has 0 unspecified atom stereocenters. The SMILES string of the molecule is COc1ccc(C2=C3OC(=O)C(c4cc(OC)c(OC)cc4C(=O)O[C@@H]4C[C@H](C)CC[C@H]4C(C)C)=C3OC2=O)cc1OC. The molecule has 3 aliphatic rings. The first-order valence-electron chi connectivity index (χ1n) is 14.2. The molecule has 2 aromatic rings. The van der Waals surface area contributed by atoms with Gasteiger partial charge in [-0.2, -0.15) is 0 Å². The van der Waals surface area contributed by atoms with Crippen molar-refractivity contribution in [3.8, 4) is 23.0 Å². The molecule has 2 heterocycles. The second-order valence-corrected chi connectivity index (χ2v) is 11.3. The Labute approximate surface area is 250 Å². The first-order chi connectivity index (χ1) is 20.6. The van der Waals surface area contributed by atoms with Crippen LogP contribution in [0.1, 0.15) is 61.5 Å². The Bertz CT molecular complexity index is 1530. The predicted octanol–water partition coefficient (Wildman–Crippen LogP) is 5.57. The summed E-state index contributed by atoms with van der Waals surface area (Å²) < 4.78 is 39.0. The molecule has 5 rings (SSSR count). The van der Waals surface area contributed by atoms with Gasteiger partial charge in [-0.3, -0.25) is 0 Å². The molecule has 0 saturated heterocycles. The van der Waals surface area contributed by atoms with Gasteiger partial charge in [0.1, 0.15) is 17.3 Å². The van der Waals surface area contributed by atoms with E-state index in [2.05, 4.69) is 20.8 Å². The highest BCUT2D eigenvalue weighted by Crippen LogP contribution is 2.47. The Balaban J connectivity index is 1.62. The molecule has 0 radical (unpaired) electrons. The lowest BCUT2D eigenvalue weighted by Crippen LogP contribution is -2.36. The zero-order valence-corrected chi connectivity index (χ0v) is 25.4. The summed E-state index contributed by atoms with van der Waals surface area (Å²) in [4.78, 5) is 40.4. The Morgan fingerprint density at radius 3 is 2.00 bits per heavy atom. The average Bonchev–Trinajstić information content (AvgIpc) is 3.47. The summed E-state index contributed by atoms with van der Waals surface area (Å²) >= 11 is 0. The van der Waals surface area contributed by atoms with Crippen LogP contribution in [-0.2, 0) is 23.8 Å². The quantitative estimate of drug-likeness (QED) is 0.270. The summed E-state index contributed by atoms with van der Waals surface area (Å²) in [5.74, 6) is 0.0540. The maximum absolute atomic E-state index is 13.9. The average molecular weight is 593 g/mol. The molecule has 10 heteroatoms. The summed E-state index contributed by atoms with van der Waals surface area (Å²) in [5.41, 5.74) is 0.558. The molecule has 0 N–H and O–H groups in total. The summed E-state index contributed by atoms with van der Waals surface area (Å²) in [6.45, 7) is 6.41. The molecule has 3 atom stereocenters. The van der Waals surface area contributed by atoms with Crippen LogP contribution in [0.25, 0.3) is 11.1 Å². The van der Waals surface area contributed by atoms with Crippen molar-refractivity contribution in [1.82, 2.24) is 0 Å². The van der Waals surface area contributed by atoms with Crippen molar-refractivity contribution in [2.24, 2.45) is 17.8 Å². The lowest BCUT2D eigenvalue weighted by Gasteiger charge is -2.36. The van der Waals surface area contributed by atoms with E-state index in [9.17, 15) is 14.4 Å². The largest absolute Gasteiger partial charge is 0.493 e. The summed E-state index contributed by atoms with van der Waals surface area (Å²) in [7, 11) is 5.86. The Morgan fingerprint density at radius 2 is 1.37 bits per heavy atom. The van der Waals surface area contributed by atoms with Gasteiger partial charge in [0.05, 0.1) is 34.0 Å². The van der Waals surface area contributed by atoms with Gasteiger partial charge >= 0.3 is 17.9 Å². The molecule has 1 saturated carbocycles. The summed E-state index contributed by atoms with van der Waals surface area (Å²) in [5, 5.41) is 0. The molecule has 10 nitrogen and oxygen atoms in total. The van der Waals surface area contributed by atoms with Gasteiger partial charge in [-0.05, 0) is 60.4 Å². The summed E-state index contributed by atoms with van der Waals surface area (Å²) in [6.07, 6.45) is 2.48. The van der Waals surface area contributed by atoms with Gasteiger partial charge in [0.25, 0.3) is 0 Å². The first-order valence-corrected chi connectivity index (χ1v) is 14.2. The Kier molecular flexibility index (Phi) is 8.39. The lowest BCUT2D eigenvalue weighted by atomic mass is 9.75. The van der Waals surface area contributed by atoms with E-state index in [-0.39, 0.29) is 57.3 Å². The van der Waals surface area contributed by atoms with Crippen LogP contribution in [0.5, 0.6) is 23.0 Å². The maximum atomic E-state index is 13.9. The van der Waals surface area contributed by atoms with E-state index in [4.69, 9.17) is 33.2 Å². The molecule has 43 heavy (non-hydrogen) atoms. The first kappa shape index (κ1) is 30.0. The number of esters is 3. The van der Waals surface area contributed by atoms with Gasteiger partial charge in [-0.15, -0.1) is 0 Å². The zero-order valence-electron chi connectivity index (χ0n) is 25.4. The van der Waals surface area contributed by atoms with E-state index >= 15 is 0 Å². The number of methoxy groups -OCH3 is 4. The summed E-state index contributed by atoms with van der Waals surface area (Å²) in [6, 6.07) is 7.82. The fourth-order valence-corrected chi connectivity index (χ4v) is 6.07. The fourth-order valence-electron chi connectivity index (χ4n) is 6.07. The number of carbonyl (C=O) groups excluding carboxylic acids is 3. The van der Waals surface area contributed by atoms with Crippen molar-refractivity contribution < 1.29 is 47.5 Å². The topological polar surface area (TPSA) is 116 Å². The molecule has 228 valence electrons. The number of rotatable bonds is 9. The molecular weight excluding hydrogens is 556 g/mol. The van der Waals surface area contributed by atoms with Crippen LogP contribution in [0.2, 0.25) is 0 Å². The van der Waals surface area contributed by atoms with E-state index in [0.717, 1.165) is 19.3 Å². The smallest absolute Gasteiger partial charge is 0.348 e. The minimum atomic E-state index is -0.789. The molecule has 1 fully saturated rings. The van der Waals surface area contributed by atoms with Gasteiger partial charge in [-0.25, -0.2) is 14.4 Å². The highest BCUT2D eigenvalue weighted by Gasteiger charge is 2.45. The van der Waals surface area contributed by atoms with Gasteiger partial charge < -0.3 is 33.2 Å². The van der Waals surface area contributed by atoms with Gasteiger partial charge in [-0.1, -0.05) is 33.3 Å². The van der Waals surface area contributed by atoms with Crippen LogP contribution in [0.3, 0.4) is 0 Å². The standard InChI is InChI=1S/C33H36O10/c1-16(2)19-10-8-17(3)12-23(19)41-31(34)21-15-26(40-7)25(39-6)14-20(21)28-30-29(42-33(28)36)27(32(35)43-30)18-9-11-22(37-4)24(13-18)38-5/h9,11,13-17,19,23H,8,10,12H2,1-7H3/t17-,19+,23-/m1/s1. The van der Waals surface area contributed by atoms with E-state index in [1.807, 2.05) is 0 Å². The number of ether oxygens (including phenoxy) is 7. The van der Waals surface area contributed by atoms with E-state index in [1.54, 1.807) is 18.2 Å². The van der Waals surface area contributed by atoms with Crippen molar-refractivity contribution in [2.75, 3.05) is 28.4 Å². The minimum absolute atomic E-state index is 0.0416. The van der Waals surface area contributed by atoms with Crippen LogP contribution in [0.4, 0.5) is 0 Å². The minimum Gasteiger partial charge on any atom is -0.493 e. The monoisotopic (exact) mass is 592 g/mol. The molecule has 0 bridgehead atoms. The number of benzene rings is 2. The lowest BCUT2D eigenvalue weighted by molar-refractivity contribution is -0.131. The third-order valence-electron chi connectivity index (χ3n) is 8.36. The molecular formula is C33H36O10. The number of fused-ring (bicyclic) bond motifs is 1.